The van der Waals surface area contributed by atoms with E-state index in [4.69, 9.17) is 52.0 Å². The zero-order valence-electron chi connectivity index (χ0n) is 12.0. The molecular weight excluding hydrogens is 425 g/mol. The van der Waals surface area contributed by atoms with Crippen LogP contribution in [-0.2, 0) is 0 Å². The van der Waals surface area contributed by atoms with E-state index in [9.17, 15) is 0 Å². The molecule has 0 saturated heterocycles. The molecule has 9 nitrogen and oxygen atoms in total. The van der Waals surface area contributed by atoms with Crippen LogP contribution in [0.15, 0.2) is 37.2 Å². The van der Waals surface area contributed by atoms with Crippen LogP contribution < -0.4 is 17.2 Å². The second-order valence-corrected chi connectivity index (χ2v) is 4.90. The van der Waals surface area contributed by atoms with Gasteiger partial charge in [-0.1, -0.05) is 64.5 Å². The number of nitrogens with zero attached hydrogens (tertiary/aromatic N) is 6. The Bertz CT molecular complexity index is 723. The summed E-state index contributed by atoms with van der Waals surface area (Å²) in [7, 11) is 0. The Balaban J connectivity index is -0.000000145. The van der Waals surface area contributed by atoms with Gasteiger partial charge in [0.2, 0.25) is 0 Å². The van der Waals surface area contributed by atoms with Crippen molar-refractivity contribution in [3.63, 3.8) is 0 Å². The van der Waals surface area contributed by atoms with Crippen LogP contribution in [0, 0.1) is 0 Å². The summed E-state index contributed by atoms with van der Waals surface area (Å²) in [5, 5.41) is 0.746. The van der Waals surface area contributed by atoms with E-state index in [1.54, 1.807) is 12.4 Å². The molecule has 0 saturated carbocycles. The fourth-order valence-corrected chi connectivity index (χ4v) is 1.40. The molecule has 0 spiro atoms. The SMILES string of the molecule is C.C.C.C.Nc1cnc(Cl)cn1.Nc1cnccn1.Nc1ncc(Cl)nc1Cl. The molecule has 0 bridgehead atoms. The van der Waals surface area contributed by atoms with Crippen molar-refractivity contribution < 1.29 is 0 Å². The molecule has 0 aliphatic carbocycles. The molecule has 3 aromatic heterocycles. The average molecular weight is 453 g/mol. The first-order valence-electron chi connectivity index (χ1n) is 6.06. The molecule has 0 unspecified atom stereocenters. The van der Waals surface area contributed by atoms with Crippen LogP contribution in [0.5, 0.6) is 0 Å². The van der Waals surface area contributed by atoms with Gasteiger partial charge in [0.25, 0.3) is 0 Å². The van der Waals surface area contributed by atoms with Crippen LogP contribution >= 0.6 is 34.8 Å². The number of aromatic nitrogens is 6. The zero-order chi connectivity index (χ0) is 17.9. The first-order valence-corrected chi connectivity index (χ1v) is 7.20. The average Bonchev–Trinajstić information content (AvgIpc) is 2.56. The number of nitrogen functional groups attached to an aromatic ring is 3. The van der Waals surface area contributed by atoms with Crippen molar-refractivity contribution in [3.05, 3.63) is 52.6 Å². The Kier molecular flexibility index (Phi) is 21.2. The summed E-state index contributed by atoms with van der Waals surface area (Å²) >= 11 is 16.2. The first-order chi connectivity index (χ1) is 11.4. The van der Waals surface area contributed by atoms with Gasteiger partial charge < -0.3 is 17.2 Å². The minimum atomic E-state index is 0. The molecular formula is C16H28Cl3N9. The number of nitrogens with two attached hydrogens (primary N) is 3. The molecule has 0 aliphatic rings. The summed E-state index contributed by atoms with van der Waals surface area (Å²) in [5.41, 5.74) is 15.6. The van der Waals surface area contributed by atoms with E-state index in [0.29, 0.717) is 16.8 Å². The molecule has 3 rings (SSSR count). The van der Waals surface area contributed by atoms with Crippen LogP contribution in [0.3, 0.4) is 0 Å². The maximum absolute atomic E-state index is 5.43. The predicted molar refractivity (Wildman–Crippen MR) is 121 cm³/mol. The van der Waals surface area contributed by atoms with E-state index >= 15 is 0 Å². The van der Waals surface area contributed by atoms with Gasteiger partial charge in [-0.25, -0.2) is 24.9 Å². The lowest BCUT2D eigenvalue weighted by Gasteiger charge is -1.92. The molecule has 3 aromatic rings. The molecule has 28 heavy (non-hydrogen) atoms. The van der Waals surface area contributed by atoms with Crippen LogP contribution in [0.25, 0.3) is 0 Å². The largest absolute Gasteiger partial charge is 0.382 e. The van der Waals surface area contributed by atoms with Crippen LogP contribution in [0.1, 0.15) is 29.7 Å². The Labute approximate surface area is 181 Å². The van der Waals surface area contributed by atoms with Crippen molar-refractivity contribution in [1.82, 2.24) is 29.9 Å². The van der Waals surface area contributed by atoms with Gasteiger partial charge in [-0.05, 0) is 0 Å². The summed E-state index contributed by atoms with van der Waals surface area (Å²) in [6, 6.07) is 0. The van der Waals surface area contributed by atoms with Crippen molar-refractivity contribution >= 4 is 52.3 Å². The fraction of sp³-hybridized carbons (Fsp3) is 0.250. The van der Waals surface area contributed by atoms with Crippen molar-refractivity contribution in [2.24, 2.45) is 0 Å². The van der Waals surface area contributed by atoms with E-state index in [2.05, 4.69) is 29.9 Å². The molecule has 0 amide bonds. The highest BCUT2D eigenvalue weighted by Gasteiger charge is 1.97. The number of hydrogen-bond acceptors (Lipinski definition) is 9. The van der Waals surface area contributed by atoms with Gasteiger partial charge in [0.1, 0.15) is 21.9 Å². The predicted octanol–water partition coefficient (Wildman–Crippen LogP) is 4.68. The third-order valence-corrected chi connectivity index (χ3v) is 2.61. The summed E-state index contributed by atoms with van der Waals surface area (Å²) in [4.78, 5) is 22.0. The summed E-state index contributed by atoms with van der Waals surface area (Å²) in [6.07, 6.45) is 8.77. The molecule has 6 N–H and O–H groups in total. The summed E-state index contributed by atoms with van der Waals surface area (Å²) in [6.45, 7) is 0. The Morgan fingerprint density at radius 2 is 1.18 bits per heavy atom. The second kappa shape index (κ2) is 17.9. The van der Waals surface area contributed by atoms with Crippen LogP contribution in [0.2, 0.25) is 15.5 Å². The van der Waals surface area contributed by atoms with E-state index in [1.165, 1.54) is 24.8 Å². The number of anilines is 3. The third kappa shape index (κ3) is 14.7. The lowest BCUT2D eigenvalue weighted by atomic mass is 10.7. The lowest BCUT2D eigenvalue weighted by molar-refractivity contribution is 1.21. The van der Waals surface area contributed by atoms with Gasteiger partial charge in [-0.15, -0.1) is 0 Å². The van der Waals surface area contributed by atoms with E-state index in [0.717, 1.165) is 0 Å². The van der Waals surface area contributed by atoms with Gasteiger partial charge in [-0.3, -0.25) is 4.98 Å². The van der Waals surface area contributed by atoms with Gasteiger partial charge >= 0.3 is 0 Å². The van der Waals surface area contributed by atoms with Crippen molar-refractivity contribution in [3.8, 4) is 0 Å². The fourth-order valence-electron chi connectivity index (χ4n) is 0.989. The summed E-state index contributed by atoms with van der Waals surface area (Å²) in [5.74, 6) is 1.04. The van der Waals surface area contributed by atoms with Gasteiger partial charge in [0.15, 0.2) is 11.0 Å². The van der Waals surface area contributed by atoms with Crippen molar-refractivity contribution in [1.29, 1.82) is 0 Å². The quantitative estimate of drug-likeness (QED) is 0.440. The molecule has 0 aliphatic heterocycles. The van der Waals surface area contributed by atoms with Gasteiger partial charge in [0, 0.05) is 12.4 Å². The highest BCUT2D eigenvalue weighted by Crippen LogP contribution is 2.14. The Morgan fingerprint density at radius 1 is 0.607 bits per heavy atom. The summed E-state index contributed by atoms with van der Waals surface area (Å²) < 4.78 is 0. The Morgan fingerprint density at radius 3 is 1.50 bits per heavy atom. The van der Waals surface area contributed by atoms with Crippen LogP contribution in [0.4, 0.5) is 17.5 Å². The van der Waals surface area contributed by atoms with Gasteiger partial charge in [-0.2, -0.15) is 0 Å². The number of hydrogen-bond donors (Lipinski definition) is 3. The second-order valence-electron chi connectivity index (χ2n) is 3.76. The standard InChI is InChI=1S/C4H3Cl2N3.C4H4ClN3.C4H5N3.4CH4/c5-2-1-8-4(7)3(6)9-2;5-3-1-8-4(6)2-7-3;5-4-3-6-1-2-7-4;;;;/h1H,(H2,7,8);1-2H,(H2,6,8);1-3H,(H2,5,7);4*1H4. The minimum Gasteiger partial charge on any atom is -0.382 e. The molecule has 0 radical (unpaired) electrons. The third-order valence-electron chi connectivity index (χ3n) is 1.95. The minimum absolute atomic E-state index is 0. The molecule has 0 atom stereocenters. The van der Waals surface area contributed by atoms with E-state index in [-0.39, 0.29) is 45.8 Å². The maximum Gasteiger partial charge on any atom is 0.172 e. The first kappa shape index (κ1) is 33.1. The molecule has 12 heteroatoms. The van der Waals surface area contributed by atoms with Crippen LogP contribution in [-0.4, -0.2) is 29.9 Å². The highest BCUT2D eigenvalue weighted by molar-refractivity contribution is 6.33. The molecule has 0 aromatic carbocycles. The Hall–Kier alpha value is -2.49. The zero-order valence-corrected chi connectivity index (χ0v) is 14.3. The van der Waals surface area contributed by atoms with Crippen molar-refractivity contribution in [2.75, 3.05) is 17.2 Å². The van der Waals surface area contributed by atoms with E-state index in [1.807, 2.05) is 0 Å². The smallest absolute Gasteiger partial charge is 0.172 e. The van der Waals surface area contributed by atoms with Gasteiger partial charge in [0.05, 0.1) is 24.8 Å². The number of halogens is 3. The normalized spacial score (nSPS) is 7.82. The van der Waals surface area contributed by atoms with Crippen molar-refractivity contribution in [2.45, 2.75) is 29.7 Å². The lowest BCUT2D eigenvalue weighted by Crippen LogP contribution is -1.92. The monoisotopic (exact) mass is 451 g/mol. The number of rotatable bonds is 0. The molecule has 158 valence electrons. The van der Waals surface area contributed by atoms with E-state index < -0.39 is 0 Å². The molecule has 3 heterocycles. The topological polar surface area (TPSA) is 155 Å². The highest BCUT2D eigenvalue weighted by atomic mass is 35.5. The maximum atomic E-state index is 5.43. The molecule has 0 fully saturated rings.